The van der Waals surface area contributed by atoms with Crippen molar-refractivity contribution in [3.63, 3.8) is 0 Å². The number of hydrogen-bond acceptors (Lipinski definition) is 1. The lowest BCUT2D eigenvalue weighted by Gasteiger charge is -2.15. The van der Waals surface area contributed by atoms with E-state index in [4.69, 9.17) is 17.8 Å². The van der Waals surface area contributed by atoms with Crippen molar-refractivity contribution in [2.24, 2.45) is 13.0 Å². The minimum atomic E-state index is -2.62. The molecule has 0 N–H and O–H groups in total. The standard InChI is InChI=1S/C32H31N2O/c1-19(2)15-24-17-28(34(7)22(5)21(24)4)30-20(3)16-27(23-11-9-8-10-12-23)31-26-14-13-25(33-6)18-29(26)35-32(30)31/h8-14,16-19H,15H2,1-5,7H3/q+1/i4D3,15D2,17D. The van der Waals surface area contributed by atoms with E-state index in [1.165, 1.54) is 0 Å². The molecule has 0 bridgehead atoms. The van der Waals surface area contributed by atoms with Crippen LogP contribution in [0.2, 0.25) is 0 Å². The summed E-state index contributed by atoms with van der Waals surface area (Å²) in [6, 6.07) is 17.1. The first kappa shape index (κ1) is 16.7. The lowest BCUT2D eigenvalue weighted by molar-refractivity contribution is -0.667. The second-order valence-electron chi connectivity index (χ2n) is 9.25. The summed E-state index contributed by atoms with van der Waals surface area (Å²) >= 11 is 0. The molecule has 5 aromatic rings. The van der Waals surface area contributed by atoms with Crippen molar-refractivity contribution in [1.29, 1.82) is 0 Å². The highest BCUT2D eigenvalue weighted by atomic mass is 16.3. The van der Waals surface area contributed by atoms with E-state index in [9.17, 15) is 1.37 Å². The van der Waals surface area contributed by atoms with Crippen LogP contribution < -0.4 is 4.57 Å². The van der Waals surface area contributed by atoms with Gasteiger partial charge in [-0.3, -0.25) is 0 Å². The van der Waals surface area contributed by atoms with Gasteiger partial charge in [0.15, 0.2) is 11.4 Å². The Hall–Kier alpha value is -3.90. The van der Waals surface area contributed by atoms with Crippen molar-refractivity contribution >= 4 is 27.6 Å². The molecule has 2 aromatic heterocycles. The zero-order chi connectivity index (χ0) is 30.0. The minimum absolute atomic E-state index is 0.121. The number of fused-ring (bicyclic) bond motifs is 3. The molecule has 5 rings (SSSR count). The fourth-order valence-corrected chi connectivity index (χ4v) is 4.69. The van der Waals surface area contributed by atoms with Crippen LogP contribution in [0.1, 0.15) is 44.5 Å². The van der Waals surface area contributed by atoms with E-state index in [2.05, 4.69) is 4.85 Å². The Morgan fingerprint density at radius 1 is 1.14 bits per heavy atom. The fourth-order valence-electron chi connectivity index (χ4n) is 4.69. The van der Waals surface area contributed by atoms with Gasteiger partial charge in [-0.1, -0.05) is 56.3 Å². The van der Waals surface area contributed by atoms with Crippen LogP contribution in [0.15, 0.2) is 65.1 Å². The molecule has 0 saturated carbocycles. The van der Waals surface area contributed by atoms with Crippen molar-refractivity contribution in [2.45, 2.75) is 40.9 Å². The van der Waals surface area contributed by atoms with E-state index in [-0.39, 0.29) is 17.2 Å². The number of furan rings is 1. The van der Waals surface area contributed by atoms with E-state index in [0.29, 0.717) is 33.8 Å². The molecular weight excluding hydrogens is 428 g/mol. The van der Waals surface area contributed by atoms with Crippen molar-refractivity contribution < 1.29 is 17.2 Å². The van der Waals surface area contributed by atoms with E-state index in [1.807, 2.05) is 49.4 Å². The van der Waals surface area contributed by atoms with Crippen molar-refractivity contribution in [3.05, 3.63) is 94.4 Å². The minimum Gasteiger partial charge on any atom is -0.456 e. The molecule has 0 aliphatic heterocycles. The molecule has 0 aliphatic carbocycles. The van der Waals surface area contributed by atoms with Crippen LogP contribution in [0.5, 0.6) is 0 Å². The molecule has 0 amide bonds. The normalized spacial score (nSPS) is 14.8. The molecule has 0 radical (unpaired) electrons. The second kappa shape index (κ2) is 8.71. The summed E-state index contributed by atoms with van der Waals surface area (Å²) in [5.41, 5.74) is 5.25. The average Bonchev–Trinajstić information content (AvgIpc) is 3.29. The Kier molecular flexibility index (Phi) is 4.15. The van der Waals surface area contributed by atoms with E-state index in [0.717, 1.165) is 27.5 Å². The van der Waals surface area contributed by atoms with Crippen LogP contribution in [0.4, 0.5) is 5.69 Å². The van der Waals surface area contributed by atoms with Gasteiger partial charge in [0.2, 0.25) is 5.69 Å². The number of pyridine rings is 1. The Bertz CT molecular complexity index is 1880. The molecular formula is C32H31N2O+. The third kappa shape index (κ3) is 3.80. The van der Waals surface area contributed by atoms with Crippen molar-refractivity contribution in [1.82, 2.24) is 0 Å². The third-order valence-electron chi connectivity index (χ3n) is 6.50. The molecule has 0 unspecified atom stereocenters. The summed E-state index contributed by atoms with van der Waals surface area (Å²) < 4.78 is 60.3. The zero-order valence-electron chi connectivity index (χ0n) is 26.6. The van der Waals surface area contributed by atoms with Gasteiger partial charge in [0.05, 0.1) is 13.5 Å². The van der Waals surface area contributed by atoms with Crippen LogP contribution in [-0.2, 0) is 13.4 Å². The van der Waals surface area contributed by atoms with Gasteiger partial charge in [-0.15, -0.1) is 0 Å². The maximum Gasteiger partial charge on any atom is 0.216 e. The molecule has 0 saturated heterocycles. The lowest BCUT2D eigenvalue weighted by atomic mass is 9.90. The molecule has 0 aliphatic rings. The number of rotatable bonds is 4. The molecule has 35 heavy (non-hydrogen) atoms. The van der Waals surface area contributed by atoms with Gasteiger partial charge in [-0.25, -0.2) is 4.85 Å². The Balaban J connectivity index is 2.01. The Morgan fingerprint density at radius 2 is 1.91 bits per heavy atom. The number of nitrogens with zero attached hydrogens (tertiary/aromatic N) is 2. The average molecular weight is 466 g/mol. The van der Waals surface area contributed by atoms with Gasteiger partial charge in [0.25, 0.3) is 0 Å². The summed E-state index contributed by atoms with van der Waals surface area (Å²) in [6.45, 7) is 11.8. The van der Waals surface area contributed by atoms with E-state index in [1.54, 1.807) is 44.5 Å². The molecule has 174 valence electrons. The van der Waals surface area contributed by atoms with Crippen LogP contribution >= 0.6 is 0 Å². The van der Waals surface area contributed by atoms with E-state index >= 15 is 0 Å². The molecule has 0 spiro atoms. The summed E-state index contributed by atoms with van der Waals surface area (Å²) in [5.74, 6) is -0.576. The van der Waals surface area contributed by atoms with Gasteiger partial charge in [0, 0.05) is 36.2 Å². The van der Waals surface area contributed by atoms with Gasteiger partial charge >= 0.3 is 0 Å². The summed E-state index contributed by atoms with van der Waals surface area (Å²) in [7, 11) is 1.71. The number of benzene rings is 3. The largest absolute Gasteiger partial charge is 0.456 e. The van der Waals surface area contributed by atoms with E-state index < -0.39 is 19.1 Å². The maximum absolute atomic E-state index is 9.39. The predicted molar refractivity (Wildman–Crippen MR) is 145 cm³/mol. The molecule has 3 aromatic carbocycles. The Morgan fingerprint density at radius 3 is 2.60 bits per heavy atom. The molecule has 3 heteroatoms. The summed E-state index contributed by atoms with van der Waals surface area (Å²) in [6.07, 6.45) is -2.08. The molecule has 3 nitrogen and oxygen atoms in total. The lowest BCUT2D eigenvalue weighted by Crippen LogP contribution is -2.36. The van der Waals surface area contributed by atoms with Gasteiger partial charge in [-0.05, 0) is 60.5 Å². The summed E-state index contributed by atoms with van der Waals surface area (Å²) in [4.78, 5) is 3.56. The topological polar surface area (TPSA) is 21.4 Å². The maximum atomic E-state index is 9.39. The quantitative estimate of drug-likeness (QED) is 0.193. The number of aryl methyl sites for hydroxylation is 1. The van der Waals surface area contributed by atoms with Crippen LogP contribution in [0.25, 0.3) is 49.2 Å². The van der Waals surface area contributed by atoms with Gasteiger partial charge < -0.3 is 4.42 Å². The number of hydrogen-bond donors (Lipinski definition) is 0. The zero-order valence-corrected chi connectivity index (χ0v) is 20.6. The smallest absolute Gasteiger partial charge is 0.216 e. The number of aromatic nitrogens is 1. The Labute approximate surface area is 215 Å². The molecule has 0 fully saturated rings. The predicted octanol–water partition coefficient (Wildman–Crippen LogP) is 8.42. The highest BCUT2D eigenvalue weighted by Gasteiger charge is 2.26. The molecule has 0 atom stereocenters. The highest BCUT2D eigenvalue weighted by Crippen LogP contribution is 2.44. The second-order valence-corrected chi connectivity index (χ2v) is 9.25. The first-order valence-corrected chi connectivity index (χ1v) is 11.7. The van der Waals surface area contributed by atoms with Crippen LogP contribution in [-0.4, -0.2) is 0 Å². The van der Waals surface area contributed by atoms with Crippen molar-refractivity contribution in [2.75, 3.05) is 0 Å². The fraction of sp³-hybridized carbons (Fsp3) is 0.250. The van der Waals surface area contributed by atoms with Crippen molar-refractivity contribution in [3.8, 4) is 22.4 Å². The van der Waals surface area contributed by atoms with Gasteiger partial charge in [0.1, 0.15) is 18.2 Å². The SMILES string of the molecule is [2H]c1c(C([2H])([2H])C(C)C)c(C([2H])([2H])[2H])c(C)[n+](C)c1-c1c(C)cc(-c2ccccc2)c2c1oc1cc([N+]#[C-])ccc12. The monoisotopic (exact) mass is 465 g/mol. The highest BCUT2D eigenvalue weighted by molar-refractivity contribution is 6.17. The first-order valence-electron chi connectivity index (χ1n) is 14.7. The first-order chi connectivity index (χ1) is 19.2. The van der Waals surface area contributed by atoms with Crippen LogP contribution in [0.3, 0.4) is 0 Å². The van der Waals surface area contributed by atoms with Crippen LogP contribution in [0, 0.1) is 33.2 Å². The van der Waals surface area contributed by atoms with Gasteiger partial charge in [-0.2, -0.15) is 4.57 Å². The third-order valence-corrected chi connectivity index (χ3v) is 6.50. The summed E-state index contributed by atoms with van der Waals surface area (Å²) in [5, 5.41) is 1.63. The molecule has 2 heterocycles.